The standard InChI is InChI=1S/C12H15FIN3O/c1-12(2,6-18-3)17-10-4-7(13)8(14)5-9(10)16-11(17)15/h4-5H,6H2,1-3H3,(H2,15,16). The van der Waals surface area contributed by atoms with Crippen LogP contribution in [-0.2, 0) is 10.3 Å². The predicted octanol–water partition coefficient (Wildman–Crippen LogP) is 2.74. The first-order valence-corrected chi connectivity index (χ1v) is 6.57. The molecular formula is C12H15FIN3O. The Kier molecular flexibility index (Phi) is 3.50. The summed E-state index contributed by atoms with van der Waals surface area (Å²) in [7, 11) is 1.63. The fraction of sp³-hybridized carbons (Fsp3) is 0.417. The van der Waals surface area contributed by atoms with Gasteiger partial charge in [-0.05, 0) is 42.5 Å². The Balaban J connectivity index is 2.70. The third-order valence-corrected chi connectivity index (χ3v) is 3.65. The molecule has 98 valence electrons. The molecule has 0 aliphatic heterocycles. The highest BCUT2D eigenvalue weighted by molar-refractivity contribution is 14.1. The van der Waals surface area contributed by atoms with Gasteiger partial charge in [-0.1, -0.05) is 0 Å². The largest absolute Gasteiger partial charge is 0.382 e. The molecule has 2 rings (SSSR count). The summed E-state index contributed by atoms with van der Waals surface area (Å²) in [4.78, 5) is 4.28. The molecule has 0 amide bonds. The number of ether oxygens (including phenoxy) is 1. The van der Waals surface area contributed by atoms with Gasteiger partial charge in [0.1, 0.15) is 5.82 Å². The second-order valence-corrected chi connectivity index (χ2v) is 5.97. The number of nitrogens with zero attached hydrogens (tertiary/aromatic N) is 2. The van der Waals surface area contributed by atoms with Crippen LogP contribution in [0.15, 0.2) is 12.1 Å². The van der Waals surface area contributed by atoms with Gasteiger partial charge in [0.2, 0.25) is 5.95 Å². The van der Waals surface area contributed by atoms with Crippen LogP contribution >= 0.6 is 22.6 Å². The molecule has 0 bridgehead atoms. The number of rotatable bonds is 3. The van der Waals surface area contributed by atoms with Crippen molar-refractivity contribution >= 4 is 39.6 Å². The topological polar surface area (TPSA) is 53.1 Å². The van der Waals surface area contributed by atoms with Gasteiger partial charge in [0.15, 0.2) is 0 Å². The monoisotopic (exact) mass is 363 g/mol. The van der Waals surface area contributed by atoms with E-state index in [1.165, 1.54) is 6.07 Å². The Morgan fingerprint density at radius 3 is 2.78 bits per heavy atom. The van der Waals surface area contributed by atoms with Crippen LogP contribution in [0.25, 0.3) is 11.0 Å². The molecule has 18 heavy (non-hydrogen) atoms. The predicted molar refractivity (Wildman–Crippen MR) is 78.0 cm³/mol. The molecule has 4 nitrogen and oxygen atoms in total. The Hall–Kier alpha value is -0.890. The minimum atomic E-state index is -0.382. The lowest BCUT2D eigenvalue weighted by Gasteiger charge is -2.27. The molecule has 0 unspecified atom stereocenters. The maximum Gasteiger partial charge on any atom is 0.201 e. The first kappa shape index (κ1) is 13.5. The van der Waals surface area contributed by atoms with Crippen molar-refractivity contribution in [3.05, 3.63) is 21.5 Å². The Morgan fingerprint density at radius 1 is 1.50 bits per heavy atom. The first-order valence-electron chi connectivity index (χ1n) is 5.49. The fourth-order valence-electron chi connectivity index (χ4n) is 2.15. The summed E-state index contributed by atoms with van der Waals surface area (Å²) in [6.07, 6.45) is 0. The van der Waals surface area contributed by atoms with E-state index >= 15 is 0 Å². The van der Waals surface area contributed by atoms with Gasteiger partial charge >= 0.3 is 0 Å². The lowest BCUT2D eigenvalue weighted by Crippen LogP contribution is -2.32. The van der Waals surface area contributed by atoms with Gasteiger partial charge < -0.3 is 15.0 Å². The average molecular weight is 363 g/mol. The molecule has 0 radical (unpaired) electrons. The van der Waals surface area contributed by atoms with E-state index in [9.17, 15) is 4.39 Å². The minimum absolute atomic E-state index is 0.266. The van der Waals surface area contributed by atoms with Crippen LogP contribution in [0.5, 0.6) is 0 Å². The molecule has 0 saturated carbocycles. The molecule has 0 aliphatic rings. The van der Waals surface area contributed by atoms with Crippen molar-refractivity contribution in [1.82, 2.24) is 9.55 Å². The average Bonchev–Trinajstić information content (AvgIpc) is 2.55. The zero-order chi connectivity index (χ0) is 13.5. The van der Waals surface area contributed by atoms with Gasteiger partial charge in [0, 0.05) is 13.2 Å². The number of nitrogens with two attached hydrogens (primary N) is 1. The maximum absolute atomic E-state index is 13.7. The van der Waals surface area contributed by atoms with Gasteiger partial charge in [0.25, 0.3) is 0 Å². The highest BCUT2D eigenvalue weighted by Crippen LogP contribution is 2.29. The Labute approximate surface area is 118 Å². The van der Waals surface area contributed by atoms with E-state index in [2.05, 4.69) is 4.98 Å². The molecule has 1 aromatic heterocycles. The number of nitrogen functional groups attached to an aromatic ring is 1. The number of aromatic nitrogens is 2. The molecule has 2 N–H and O–H groups in total. The summed E-state index contributed by atoms with van der Waals surface area (Å²) >= 11 is 1.94. The number of benzene rings is 1. The molecule has 0 atom stereocenters. The van der Waals surface area contributed by atoms with E-state index < -0.39 is 0 Å². The number of imidazole rings is 1. The number of hydrogen-bond acceptors (Lipinski definition) is 3. The van der Waals surface area contributed by atoms with Crippen molar-refractivity contribution in [2.75, 3.05) is 19.5 Å². The quantitative estimate of drug-likeness (QED) is 0.854. The van der Waals surface area contributed by atoms with Crippen LogP contribution in [0, 0.1) is 9.39 Å². The number of methoxy groups -OCH3 is 1. The summed E-state index contributed by atoms with van der Waals surface area (Å²) in [6.45, 7) is 4.42. The van der Waals surface area contributed by atoms with Gasteiger partial charge in [-0.2, -0.15) is 0 Å². The molecule has 6 heteroatoms. The third kappa shape index (κ3) is 2.18. The molecule has 1 aromatic carbocycles. The second-order valence-electron chi connectivity index (χ2n) is 4.81. The van der Waals surface area contributed by atoms with Crippen LogP contribution < -0.4 is 5.73 Å². The summed E-state index contributed by atoms with van der Waals surface area (Å²) in [5.41, 5.74) is 6.94. The van der Waals surface area contributed by atoms with Crippen LogP contribution in [0.3, 0.4) is 0 Å². The fourth-order valence-corrected chi connectivity index (χ4v) is 2.60. The molecular weight excluding hydrogens is 348 g/mol. The van der Waals surface area contributed by atoms with E-state index in [1.54, 1.807) is 13.2 Å². The van der Waals surface area contributed by atoms with Crippen LogP contribution in [0.4, 0.5) is 10.3 Å². The van der Waals surface area contributed by atoms with E-state index in [0.29, 0.717) is 27.2 Å². The molecule has 1 heterocycles. The van der Waals surface area contributed by atoms with E-state index in [1.807, 2.05) is 41.0 Å². The second kappa shape index (κ2) is 4.65. The normalized spacial score (nSPS) is 12.3. The van der Waals surface area contributed by atoms with Crippen molar-refractivity contribution in [2.24, 2.45) is 0 Å². The lowest BCUT2D eigenvalue weighted by molar-refractivity contribution is 0.113. The highest BCUT2D eigenvalue weighted by Gasteiger charge is 2.25. The minimum Gasteiger partial charge on any atom is -0.382 e. The van der Waals surface area contributed by atoms with Crippen molar-refractivity contribution in [1.29, 1.82) is 0 Å². The summed E-state index contributed by atoms with van der Waals surface area (Å²) in [6, 6.07) is 3.17. The number of hydrogen-bond donors (Lipinski definition) is 1. The van der Waals surface area contributed by atoms with Crippen molar-refractivity contribution < 1.29 is 9.13 Å². The highest BCUT2D eigenvalue weighted by atomic mass is 127. The zero-order valence-corrected chi connectivity index (χ0v) is 12.7. The first-order chi connectivity index (χ1) is 8.36. The number of anilines is 1. The van der Waals surface area contributed by atoms with Crippen LogP contribution in [-0.4, -0.2) is 23.3 Å². The molecule has 0 aliphatic carbocycles. The van der Waals surface area contributed by atoms with Crippen molar-refractivity contribution in [3.63, 3.8) is 0 Å². The SMILES string of the molecule is COCC(C)(C)n1c(N)nc2cc(I)c(F)cc21. The van der Waals surface area contributed by atoms with Crippen molar-refractivity contribution in [3.8, 4) is 0 Å². The summed E-state index contributed by atoms with van der Waals surface area (Å²) in [5, 5.41) is 0. The van der Waals surface area contributed by atoms with E-state index in [-0.39, 0.29) is 11.4 Å². The summed E-state index contributed by atoms with van der Waals surface area (Å²) in [5.74, 6) is 0.103. The molecule has 0 spiro atoms. The summed E-state index contributed by atoms with van der Waals surface area (Å²) < 4.78 is 21.2. The smallest absolute Gasteiger partial charge is 0.201 e. The van der Waals surface area contributed by atoms with E-state index in [0.717, 1.165) is 0 Å². The number of halogens is 2. The Morgan fingerprint density at radius 2 is 2.17 bits per heavy atom. The third-order valence-electron chi connectivity index (χ3n) is 2.83. The van der Waals surface area contributed by atoms with Crippen LogP contribution in [0.2, 0.25) is 0 Å². The zero-order valence-electron chi connectivity index (χ0n) is 10.5. The lowest BCUT2D eigenvalue weighted by atomic mass is 10.1. The molecule has 0 fully saturated rings. The van der Waals surface area contributed by atoms with Gasteiger partial charge in [-0.15, -0.1) is 0 Å². The van der Waals surface area contributed by atoms with Gasteiger partial charge in [-0.25, -0.2) is 9.37 Å². The Bertz CT molecular complexity index is 595. The van der Waals surface area contributed by atoms with Gasteiger partial charge in [-0.3, -0.25) is 0 Å². The van der Waals surface area contributed by atoms with Crippen molar-refractivity contribution in [2.45, 2.75) is 19.4 Å². The maximum atomic E-state index is 13.7. The van der Waals surface area contributed by atoms with Crippen LogP contribution in [0.1, 0.15) is 13.8 Å². The van der Waals surface area contributed by atoms with Gasteiger partial charge in [0.05, 0.1) is 26.7 Å². The molecule has 2 aromatic rings. The number of fused-ring (bicyclic) bond motifs is 1. The molecule has 0 saturated heterocycles. The van der Waals surface area contributed by atoms with E-state index in [4.69, 9.17) is 10.5 Å².